The lowest BCUT2D eigenvalue weighted by Gasteiger charge is -2.43. The number of nitrogens with zero attached hydrogens (tertiary/aromatic N) is 2. The summed E-state index contributed by atoms with van der Waals surface area (Å²) in [4.78, 5) is 16.1. The summed E-state index contributed by atoms with van der Waals surface area (Å²) in [5.41, 5.74) is 0. The molecule has 3 fully saturated rings. The lowest BCUT2D eigenvalue weighted by Crippen LogP contribution is -2.58. The predicted octanol–water partition coefficient (Wildman–Crippen LogP) is -0.164. The summed E-state index contributed by atoms with van der Waals surface area (Å²) in [5, 5.41) is 6.50. The summed E-state index contributed by atoms with van der Waals surface area (Å²) in [6, 6.07) is 1.87. The van der Waals surface area contributed by atoms with Crippen LogP contribution in [-0.4, -0.2) is 66.7 Å². The van der Waals surface area contributed by atoms with Gasteiger partial charge in [-0.1, -0.05) is 0 Å². The standard InChI is InChI=1S/C12H22N4O/c1-9-2-3-10(6-13-9)15-4-5-16-11(8-15)7-14-12(16)17/h9-11,13H,2-8H2,1H3,(H,14,17). The van der Waals surface area contributed by atoms with Crippen molar-refractivity contribution in [1.82, 2.24) is 20.4 Å². The summed E-state index contributed by atoms with van der Waals surface area (Å²) < 4.78 is 0. The van der Waals surface area contributed by atoms with Crippen LogP contribution in [0.2, 0.25) is 0 Å². The molecule has 17 heavy (non-hydrogen) atoms. The summed E-state index contributed by atoms with van der Waals surface area (Å²) in [5.74, 6) is 0. The Morgan fingerprint density at radius 1 is 1.18 bits per heavy atom. The molecule has 5 heteroatoms. The highest BCUT2D eigenvalue weighted by Crippen LogP contribution is 2.20. The topological polar surface area (TPSA) is 47.6 Å². The predicted molar refractivity (Wildman–Crippen MR) is 66.0 cm³/mol. The van der Waals surface area contributed by atoms with E-state index in [2.05, 4.69) is 22.5 Å². The van der Waals surface area contributed by atoms with Crippen LogP contribution in [0, 0.1) is 0 Å². The molecule has 0 spiro atoms. The maximum Gasteiger partial charge on any atom is 0.317 e. The van der Waals surface area contributed by atoms with Crippen molar-refractivity contribution in [3.63, 3.8) is 0 Å². The Hall–Kier alpha value is -0.810. The highest BCUT2D eigenvalue weighted by atomic mass is 16.2. The van der Waals surface area contributed by atoms with E-state index in [1.54, 1.807) is 0 Å². The Morgan fingerprint density at radius 2 is 2.06 bits per heavy atom. The van der Waals surface area contributed by atoms with E-state index in [0.29, 0.717) is 18.1 Å². The highest BCUT2D eigenvalue weighted by Gasteiger charge is 2.37. The van der Waals surface area contributed by atoms with Gasteiger partial charge in [0.25, 0.3) is 0 Å². The fourth-order valence-corrected chi connectivity index (χ4v) is 3.26. The summed E-state index contributed by atoms with van der Waals surface area (Å²) >= 11 is 0. The zero-order chi connectivity index (χ0) is 11.8. The van der Waals surface area contributed by atoms with E-state index < -0.39 is 0 Å². The number of piperidine rings is 1. The maximum atomic E-state index is 11.5. The quantitative estimate of drug-likeness (QED) is 0.667. The van der Waals surface area contributed by atoms with Crippen molar-refractivity contribution in [2.45, 2.75) is 37.9 Å². The van der Waals surface area contributed by atoms with Crippen LogP contribution in [0.4, 0.5) is 4.79 Å². The molecule has 0 radical (unpaired) electrons. The van der Waals surface area contributed by atoms with Crippen LogP contribution in [0.1, 0.15) is 19.8 Å². The fraction of sp³-hybridized carbons (Fsp3) is 0.917. The first-order chi connectivity index (χ1) is 8.24. The van der Waals surface area contributed by atoms with Gasteiger partial charge in [0.2, 0.25) is 0 Å². The smallest absolute Gasteiger partial charge is 0.317 e. The van der Waals surface area contributed by atoms with Crippen molar-refractivity contribution in [3.8, 4) is 0 Å². The minimum Gasteiger partial charge on any atom is -0.336 e. The number of hydrogen-bond donors (Lipinski definition) is 2. The first-order valence-corrected chi connectivity index (χ1v) is 6.76. The van der Waals surface area contributed by atoms with E-state index in [-0.39, 0.29) is 6.03 Å². The van der Waals surface area contributed by atoms with Crippen molar-refractivity contribution in [3.05, 3.63) is 0 Å². The summed E-state index contributed by atoms with van der Waals surface area (Å²) in [7, 11) is 0. The van der Waals surface area contributed by atoms with Crippen LogP contribution in [0.5, 0.6) is 0 Å². The minimum atomic E-state index is 0.130. The molecule has 3 heterocycles. The van der Waals surface area contributed by atoms with E-state index in [9.17, 15) is 4.79 Å². The van der Waals surface area contributed by atoms with E-state index in [1.807, 2.05) is 4.90 Å². The molecule has 0 aromatic rings. The number of nitrogens with one attached hydrogen (secondary N) is 2. The van der Waals surface area contributed by atoms with Crippen LogP contribution in [0.15, 0.2) is 0 Å². The number of carbonyl (C=O) groups is 1. The summed E-state index contributed by atoms with van der Waals surface area (Å²) in [6.07, 6.45) is 2.56. The second-order valence-corrected chi connectivity index (χ2v) is 5.57. The molecule has 3 saturated heterocycles. The van der Waals surface area contributed by atoms with Crippen molar-refractivity contribution in [2.24, 2.45) is 0 Å². The number of carbonyl (C=O) groups excluding carboxylic acids is 1. The van der Waals surface area contributed by atoms with Crippen molar-refractivity contribution in [1.29, 1.82) is 0 Å². The van der Waals surface area contributed by atoms with Crippen LogP contribution >= 0.6 is 0 Å². The van der Waals surface area contributed by atoms with Gasteiger partial charge in [-0.15, -0.1) is 0 Å². The normalized spacial score (nSPS) is 39.0. The van der Waals surface area contributed by atoms with Crippen molar-refractivity contribution >= 4 is 6.03 Å². The Labute approximate surface area is 103 Å². The van der Waals surface area contributed by atoms with E-state index in [0.717, 1.165) is 32.7 Å². The van der Waals surface area contributed by atoms with Crippen LogP contribution < -0.4 is 10.6 Å². The summed E-state index contributed by atoms with van der Waals surface area (Å²) in [6.45, 7) is 7.15. The first kappa shape index (κ1) is 11.3. The van der Waals surface area contributed by atoms with Gasteiger partial charge in [0.05, 0.1) is 6.04 Å². The van der Waals surface area contributed by atoms with E-state index in [1.165, 1.54) is 12.8 Å². The monoisotopic (exact) mass is 238 g/mol. The molecule has 3 atom stereocenters. The molecule has 3 rings (SSSR count). The molecular weight excluding hydrogens is 216 g/mol. The van der Waals surface area contributed by atoms with Gasteiger partial charge in [-0.2, -0.15) is 0 Å². The Balaban J connectivity index is 1.58. The molecule has 0 aromatic heterocycles. The second-order valence-electron chi connectivity index (χ2n) is 5.57. The van der Waals surface area contributed by atoms with Crippen LogP contribution in [-0.2, 0) is 0 Å². The molecule has 5 nitrogen and oxygen atoms in total. The van der Waals surface area contributed by atoms with Gasteiger partial charge in [-0.3, -0.25) is 4.90 Å². The number of amides is 2. The molecule has 0 saturated carbocycles. The van der Waals surface area contributed by atoms with Gasteiger partial charge in [-0.25, -0.2) is 4.79 Å². The minimum absolute atomic E-state index is 0.130. The first-order valence-electron chi connectivity index (χ1n) is 6.76. The molecule has 3 aliphatic heterocycles. The van der Waals surface area contributed by atoms with Gasteiger partial charge < -0.3 is 15.5 Å². The molecular formula is C12H22N4O. The molecule has 0 aliphatic carbocycles. The van der Waals surface area contributed by atoms with Gasteiger partial charge in [-0.05, 0) is 19.8 Å². The third-order valence-electron chi connectivity index (χ3n) is 4.42. The second kappa shape index (κ2) is 4.46. The number of fused-ring (bicyclic) bond motifs is 1. The van der Waals surface area contributed by atoms with Gasteiger partial charge in [0.15, 0.2) is 0 Å². The van der Waals surface area contributed by atoms with E-state index in [4.69, 9.17) is 0 Å². The largest absolute Gasteiger partial charge is 0.336 e. The van der Waals surface area contributed by atoms with Crippen molar-refractivity contribution in [2.75, 3.05) is 32.7 Å². The van der Waals surface area contributed by atoms with Crippen molar-refractivity contribution < 1.29 is 4.79 Å². The number of piperazine rings is 1. The Kier molecular flexibility index (Phi) is 2.96. The Morgan fingerprint density at radius 3 is 2.82 bits per heavy atom. The molecule has 0 bridgehead atoms. The maximum absolute atomic E-state index is 11.5. The number of hydrogen-bond acceptors (Lipinski definition) is 3. The third kappa shape index (κ3) is 2.13. The van der Waals surface area contributed by atoms with Crippen LogP contribution in [0.25, 0.3) is 0 Å². The van der Waals surface area contributed by atoms with Gasteiger partial charge in [0, 0.05) is 44.8 Å². The molecule has 2 N–H and O–H groups in total. The zero-order valence-corrected chi connectivity index (χ0v) is 10.5. The molecule has 96 valence electrons. The van der Waals surface area contributed by atoms with E-state index >= 15 is 0 Å². The molecule has 0 aromatic carbocycles. The molecule has 2 amide bonds. The fourth-order valence-electron chi connectivity index (χ4n) is 3.26. The lowest BCUT2D eigenvalue weighted by molar-refractivity contribution is 0.0731. The van der Waals surface area contributed by atoms with Crippen LogP contribution in [0.3, 0.4) is 0 Å². The average molecular weight is 238 g/mol. The SMILES string of the molecule is CC1CCC(N2CCN3C(=O)NCC3C2)CN1. The van der Waals surface area contributed by atoms with Gasteiger partial charge in [0.1, 0.15) is 0 Å². The van der Waals surface area contributed by atoms with Gasteiger partial charge >= 0.3 is 6.03 Å². The number of rotatable bonds is 1. The third-order valence-corrected chi connectivity index (χ3v) is 4.42. The lowest BCUT2D eigenvalue weighted by atomic mass is 9.99. The Bertz CT molecular complexity index is 301. The molecule has 3 aliphatic rings. The zero-order valence-electron chi connectivity index (χ0n) is 10.5. The highest BCUT2D eigenvalue weighted by molar-refractivity contribution is 5.77. The molecule has 3 unspecified atom stereocenters. The average Bonchev–Trinajstić information content (AvgIpc) is 2.72. The number of urea groups is 1.